The molecule has 0 fully saturated rings. The molecular formula is C18H29NO5S. The molecule has 25 heavy (non-hydrogen) atoms. The van der Waals surface area contributed by atoms with Crippen LogP contribution in [0.2, 0.25) is 0 Å². The number of benzene rings is 1. The lowest BCUT2D eigenvalue weighted by molar-refractivity contribution is 0.212. The highest BCUT2D eigenvalue weighted by atomic mass is 32.2. The maximum Gasteiger partial charge on any atom is 0.216 e. The third-order valence-electron chi connectivity index (χ3n) is 4.55. The summed E-state index contributed by atoms with van der Waals surface area (Å²) in [6, 6.07) is 3.71. The lowest BCUT2D eigenvalue weighted by atomic mass is 9.89. The van der Waals surface area contributed by atoms with Crippen molar-refractivity contribution in [1.29, 1.82) is 0 Å². The molecule has 2 rings (SSSR count). The van der Waals surface area contributed by atoms with Crippen molar-refractivity contribution in [3.63, 3.8) is 0 Å². The zero-order valence-electron chi connectivity index (χ0n) is 15.7. The van der Waals surface area contributed by atoms with E-state index in [0.717, 1.165) is 17.5 Å². The topological polar surface area (TPSA) is 65.1 Å². The molecule has 0 bridgehead atoms. The quantitative estimate of drug-likeness (QED) is 0.703. The molecule has 7 heteroatoms. The fraction of sp³-hybridized carbons (Fsp3) is 0.667. The van der Waals surface area contributed by atoms with Crippen LogP contribution in [-0.4, -0.2) is 53.0 Å². The number of nitrogens with zero attached hydrogens (tertiary/aromatic N) is 1. The summed E-state index contributed by atoms with van der Waals surface area (Å²) in [4.78, 5) is 0. The van der Waals surface area contributed by atoms with Gasteiger partial charge < -0.3 is 14.2 Å². The van der Waals surface area contributed by atoms with Gasteiger partial charge in [0.1, 0.15) is 0 Å². The van der Waals surface area contributed by atoms with Gasteiger partial charge in [-0.05, 0) is 42.0 Å². The summed E-state index contributed by atoms with van der Waals surface area (Å²) in [5.74, 6) is 1.68. The second-order valence-electron chi connectivity index (χ2n) is 6.72. The normalized spacial score (nSPS) is 18.2. The van der Waals surface area contributed by atoms with Gasteiger partial charge in [0.2, 0.25) is 10.0 Å². The highest BCUT2D eigenvalue weighted by Crippen LogP contribution is 2.41. The minimum atomic E-state index is -3.38. The second-order valence-corrected chi connectivity index (χ2v) is 8.76. The summed E-state index contributed by atoms with van der Waals surface area (Å²) < 4.78 is 43.1. The summed E-state index contributed by atoms with van der Waals surface area (Å²) in [6.45, 7) is 4.89. The number of methoxy groups -OCH3 is 3. The van der Waals surface area contributed by atoms with Crippen molar-refractivity contribution in [2.24, 2.45) is 5.92 Å². The Hall–Kier alpha value is -1.31. The van der Waals surface area contributed by atoms with Crippen molar-refractivity contribution in [1.82, 2.24) is 4.31 Å². The number of rotatable bonds is 8. The van der Waals surface area contributed by atoms with Gasteiger partial charge in [0.25, 0.3) is 0 Å². The second kappa shape index (κ2) is 8.38. The van der Waals surface area contributed by atoms with Crippen LogP contribution in [0.5, 0.6) is 11.5 Å². The van der Waals surface area contributed by atoms with Gasteiger partial charge >= 0.3 is 0 Å². The average molecular weight is 371 g/mol. The van der Waals surface area contributed by atoms with Crippen molar-refractivity contribution in [3.8, 4) is 11.5 Å². The van der Waals surface area contributed by atoms with Crippen molar-refractivity contribution in [3.05, 3.63) is 23.3 Å². The minimum Gasteiger partial charge on any atom is -0.493 e. The predicted octanol–water partition coefficient (Wildman–Crippen LogP) is 2.63. The lowest BCUT2D eigenvalue weighted by Crippen LogP contribution is -2.42. The van der Waals surface area contributed by atoms with E-state index in [-0.39, 0.29) is 18.4 Å². The molecule has 0 saturated carbocycles. The van der Waals surface area contributed by atoms with Gasteiger partial charge in [-0.3, -0.25) is 0 Å². The molecule has 0 aliphatic carbocycles. The molecule has 142 valence electrons. The molecule has 0 N–H and O–H groups in total. The monoisotopic (exact) mass is 371 g/mol. The Morgan fingerprint density at radius 1 is 1.16 bits per heavy atom. The first-order valence-electron chi connectivity index (χ1n) is 8.57. The molecule has 0 radical (unpaired) electrons. The van der Waals surface area contributed by atoms with E-state index >= 15 is 0 Å². The largest absolute Gasteiger partial charge is 0.493 e. The molecule has 0 saturated heterocycles. The maximum atomic E-state index is 12.8. The van der Waals surface area contributed by atoms with E-state index in [1.165, 1.54) is 7.11 Å². The Kier molecular flexibility index (Phi) is 6.71. The summed E-state index contributed by atoms with van der Waals surface area (Å²) in [5.41, 5.74) is 2.14. The first-order valence-corrected chi connectivity index (χ1v) is 10.2. The smallest absolute Gasteiger partial charge is 0.216 e. The van der Waals surface area contributed by atoms with Crippen molar-refractivity contribution in [2.45, 2.75) is 32.7 Å². The fourth-order valence-corrected chi connectivity index (χ4v) is 4.90. The first kappa shape index (κ1) is 20.0. The van der Waals surface area contributed by atoms with Gasteiger partial charge in [0.05, 0.1) is 32.6 Å². The van der Waals surface area contributed by atoms with Crippen molar-refractivity contribution < 1.29 is 22.6 Å². The Bertz CT molecular complexity index is 687. The van der Waals surface area contributed by atoms with E-state index < -0.39 is 10.0 Å². The van der Waals surface area contributed by atoms with E-state index in [2.05, 4.69) is 13.8 Å². The van der Waals surface area contributed by atoms with Crippen LogP contribution >= 0.6 is 0 Å². The fourth-order valence-electron chi connectivity index (χ4n) is 3.34. The van der Waals surface area contributed by atoms with Gasteiger partial charge in [-0.15, -0.1) is 0 Å². The number of hydrogen-bond acceptors (Lipinski definition) is 5. The number of fused-ring (bicyclic) bond motifs is 1. The number of ether oxygens (including phenoxy) is 3. The Balaban J connectivity index is 2.47. The predicted molar refractivity (Wildman–Crippen MR) is 97.8 cm³/mol. The maximum absolute atomic E-state index is 12.8. The molecule has 1 aliphatic rings. The van der Waals surface area contributed by atoms with Crippen LogP contribution in [0, 0.1) is 5.92 Å². The van der Waals surface area contributed by atoms with Gasteiger partial charge in [0.15, 0.2) is 11.5 Å². The van der Waals surface area contributed by atoms with Crippen molar-refractivity contribution in [2.75, 3.05) is 40.2 Å². The zero-order valence-corrected chi connectivity index (χ0v) is 16.6. The van der Waals surface area contributed by atoms with Gasteiger partial charge in [-0.2, -0.15) is 4.31 Å². The Labute approximate surface area is 151 Å². The third-order valence-corrected chi connectivity index (χ3v) is 6.39. The molecule has 6 nitrogen and oxygen atoms in total. The lowest BCUT2D eigenvalue weighted by Gasteiger charge is -2.37. The first-order chi connectivity index (χ1) is 11.8. The van der Waals surface area contributed by atoms with Crippen LogP contribution in [0.3, 0.4) is 0 Å². The highest BCUT2D eigenvalue weighted by molar-refractivity contribution is 7.89. The molecular weight excluding hydrogens is 342 g/mol. The summed E-state index contributed by atoms with van der Waals surface area (Å²) >= 11 is 0. The number of sulfonamides is 1. The molecule has 1 unspecified atom stereocenters. The van der Waals surface area contributed by atoms with Crippen LogP contribution in [0.1, 0.15) is 37.4 Å². The summed E-state index contributed by atoms with van der Waals surface area (Å²) in [5, 5.41) is 0. The third kappa shape index (κ3) is 4.46. The zero-order chi connectivity index (χ0) is 18.6. The average Bonchev–Trinajstić information content (AvgIpc) is 2.58. The van der Waals surface area contributed by atoms with E-state index in [1.807, 2.05) is 12.1 Å². The SMILES string of the molecule is COCCS(=O)(=O)N1CCc2cc(OC)c(OC)cc2C1CC(C)C. The van der Waals surface area contributed by atoms with Gasteiger partial charge in [-0.1, -0.05) is 13.8 Å². The molecule has 1 atom stereocenters. The minimum absolute atomic E-state index is 0.000712. The molecule has 0 spiro atoms. The van der Waals surface area contributed by atoms with Crippen LogP contribution in [0.4, 0.5) is 0 Å². The summed E-state index contributed by atoms with van der Waals surface area (Å²) in [6.07, 6.45) is 1.42. The molecule has 0 amide bonds. The standard InChI is InChI=1S/C18H29NO5S/c1-13(2)10-16-15-12-18(24-5)17(23-4)11-14(15)6-7-19(16)25(20,21)9-8-22-3/h11-13,16H,6-10H2,1-5H3. The number of hydrogen-bond donors (Lipinski definition) is 0. The van der Waals surface area contributed by atoms with E-state index in [0.29, 0.717) is 30.4 Å². The van der Waals surface area contributed by atoms with Gasteiger partial charge in [-0.25, -0.2) is 8.42 Å². The molecule has 1 aliphatic heterocycles. The van der Waals surface area contributed by atoms with Crippen LogP contribution in [0.25, 0.3) is 0 Å². The van der Waals surface area contributed by atoms with Crippen LogP contribution in [-0.2, 0) is 21.2 Å². The van der Waals surface area contributed by atoms with E-state index in [9.17, 15) is 8.42 Å². The van der Waals surface area contributed by atoms with Crippen LogP contribution in [0.15, 0.2) is 12.1 Å². The molecule has 1 heterocycles. The Morgan fingerprint density at radius 3 is 2.36 bits per heavy atom. The van der Waals surface area contributed by atoms with Crippen LogP contribution < -0.4 is 9.47 Å². The summed E-state index contributed by atoms with van der Waals surface area (Å²) in [7, 11) is 1.34. The molecule has 0 aromatic heterocycles. The van der Waals surface area contributed by atoms with Gasteiger partial charge in [0, 0.05) is 13.7 Å². The Morgan fingerprint density at radius 2 is 1.80 bits per heavy atom. The van der Waals surface area contributed by atoms with Crippen molar-refractivity contribution >= 4 is 10.0 Å². The van der Waals surface area contributed by atoms with E-state index in [4.69, 9.17) is 14.2 Å². The molecule has 1 aromatic carbocycles. The highest BCUT2D eigenvalue weighted by Gasteiger charge is 2.36. The van der Waals surface area contributed by atoms with E-state index in [1.54, 1.807) is 18.5 Å². The molecule has 1 aromatic rings.